The van der Waals surface area contributed by atoms with E-state index in [2.05, 4.69) is 4.74 Å². The predicted octanol–water partition coefficient (Wildman–Crippen LogP) is -1.89. The number of hydrogen-bond donors (Lipinski definition) is 4. The van der Waals surface area contributed by atoms with Gasteiger partial charge in [0.1, 0.15) is 0 Å². The number of carbonyl (C=O) groups is 2. The molecule has 0 saturated heterocycles. The summed E-state index contributed by atoms with van der Waals surface area (Å²) in [6, 6.07) is 0. The lowest BCUT2D eigenvalue weighted by Gasteiger charge is -2.12. The van der Waals surface area contributed by atoms with E-state index in [4.69, 9.17) is 20.4 Å². The van der Waals surface area contributed by atoms with Crippen LogP contribution in [0.25, 0.3) is 0 Å². The molecule has 0 spiro atoms. The van der Waals surface area contributed by atoms with E-state index in [0.29, 0.717) is 12.8 Å². The maximum Gasteiger partial charge on any atom is 0.338 e. The lowest BCUT2D eigenvalue weighted by molar-refractivity contribution is -0.169. The minimum absolute atomic E-state index is 0.0389. The SMILES string of the molecule is O=C(O)C(O)C(O)C(=O)OCCCCO. The Labute approximate surface area is 85.9 Å². The zero-order valence-electron chi connectivity index (χ0n) is 8.00. The van der Waals surface area contributed by atoms with Gasteiger partial charge in [-0.25, -0.2) is 9.59 Å². The summed E-state index contributed by atoms with van der Waals surface area (Å²) in [6.45, 7) is -0.0827. The fourth-order valence-electron chi connectivity index (χ4n) is 0.736. The molecule has 0 aromatic carbocycles. The van der Waals surface area contributed by atoms with Crippen LogP contribution in [0, 0.1) is 0 Å². The Morgan fingerprint density at radius 1 is 1.13 bits per heavy atom. The number of aliphatic hydroxyl groups excluding tert-OH is 3. The molecule has 2 unspecified atom stereocenters. The summed E-state index contributed by atoms with van der Waals surface area (Å²) in [5.41, 5.74) is 0. The number of ether oxygens (including phenoxy) is 1. The van der Waals surface area contributed by atoms with E-state index in [1.807, 2.05) is 0 Å². The van der Waals surface area contributed by atoms with Crippen molar-refractivity contribution < 1.29 is 34.8 Å². The lowest BCUT2D eigenvalue weighted by Crippen LogP contribution is -2.40. The second-order valence-corrected chi connectivity index (χ2v) is 2.83. The highest BCUT2D eigenvalue weighted by atomic mass is 16.5. The van der Waals surface area contributed by atoms with Crippen molar-refractivity contribution in [1.29, 1.82) is 0 Å². The summed E-state index contributed by atoms with van der Waals surface area (Å²) < 4.78 is 4.45. The van der Waals surface area contributed by atoms with Gasteiger partial charge in [0, 0.05) is 6.61 Å². The summed E-state index contributed by atoms with van der Waals surface area (Å²) in [6.07, 6.45) is -3.44. The Hall–Kier alpha value is -1.18. The lowest BCUT2D eigenvalue weighted by atomic mass is 10.2. The van der Waals surface area contributed by atoms with Crippen LogP contribution in [0.5, 0.6) is 0 Å². The van der Waals surface area contributed by atoms with E-state index >= 15 is 0 Å². The van der Waals surface area contributed by atoms with Gasteiger partial charge in [0.15, 0.2) is 12.2 Å². The maximum atomic E-state index is 10.9. The molecule has 4 N–H and O–H groups in total. The van der Waals surface area contributed by atoms with Crippen LogP contribution < -0.4 is 0 Å². The first kappa shape index (κ1) is 13.8. The molecule has 0 radical (unpaired) electrons. The van der Waals surface area contributed by atoms with Gasteiger partial charge in [0.25, 0.3) is 0 Å². The Morgan fingerprint density at radius 2 is 1.73 bits per heavy atom. The standard InChI is InChI=1S/C8H14O7/c9-3-1-2-4-15-8(14)6(11)5(10)7(12)13/h5-6,9-11H,1-4H2,(H,12,13). The molecule has 7 nitrogen and oxygen atoms in total. The van der Waals surface area contributed by atoms with Crippen LogP contribution in [0.3, 0.4) is 0 Å². The molecule has 0 rings (SSSR count). The molecular formula is C8H14O7. The van der Waals surface area contributed by atoms with Crippen LogP contribution in [0.2, 0.25) is 0 Å². The fourth-order valence-corrected chi connectivity index (χ4v) is 0.736. The first-order valence-corrected chi connectivity index (χ1v) is 4.37. The van der Waals surface area contributed by atoms with Gasteiger partial charge in [-0.2, -0.15) is 0 Å². The van der Waals surface area contributed by atoms with E-state index in [0.717, 1.165) is 0 Å². The number of unbranched alkanes of at least 4 members (excludes halogenated alkanes) is 1. The molecule has 88 valence electrons. The molecule has 0 fully saturated rings. The Bertz CT molecular complexity index is 215. The third-order valence-electron chi connectivity index (χ3n) is 1.59. The van der Waals surface area contributed by atoms with Crippen molar-refractivity contribution in [2.45, 2.75) is 25.0 Å². The van der Waals surface area contributed by atoms with Gasteiger partial charge >= 0.3 is 11.9 Å². The number of carbonyl (C=O) groups excluding carboxylic acids is 1. The van der Waals surface area contributed by atoms with Crippen molar-refractivity contribution in [2.24, 2.45) is 0 Å². The third kappa shape index (κ3) is 5.31. The van der Waals surface area contributed by atoms with Gasteiger partial charge in [-0.3, -0.25) is 0 Å². The number of rotatable bonds is 7. The summed E-state index contributed by atoms with van der Waals surface area (Å²) >= 11 is 0. The summed E-state index contributed by atoms with van der Waals surface area (Å²) in [5.74, 6) is -2.89. The summed E-state index contributed by atoms with van der Waals surface area (Å²) in [4.78, 5) is 21.1. The molecule has 0 aliphatic carbocycles. The predicted molar refractivity (Wildman–Crippen MR) is 46.9 cm³/mol. The molecule has 0 bridgehead atoms. The van der Waals surface area contributed by atoms with Gasteiger partial charge < -0.3 is 25.2 Å². The molecule has 0 saturated carbocycles. The zero-order chi connectivity index (χ0) is 11.8. The molecule has 0 aromatic rings. The van der Waals surface area contributed by atoms with Crippen LogP contribution in [0.4, 0.5) is 0 Å². The van der Waals surface area contributed by atoms with E-state index in [-0.39, 0.29) is 13.2 Å². The summed E-state index contributed by atoms with van der Waals surface area (Å²) in [5, 5.41) is 34.4. The quantitative estimate of drug-likeness (QED) is 0.293. The summed E-state index contributed by atoms with van der Waals surface area (Å²) in [7, 11) is 0. The average Bonchev–Trinajstić information content (AvgIpc) is 2.21. The molecule has 0 aromatic heterocycles. The first-order valence-electron chi connectivity index (χ1n) is 4.37. The molecular weight excluding hydrogens is 208 g/mol. The van der Waals surface area contributed by atoms with Crippen LogP contribution in [-0.4, -0.2) is 57.8 Å². The van der Waals surface area contributed by atoms with Gasteiger partial charge in [-0.05, 0) is 12.8 Å². The van der Waals surface area contributed by atoms with Gasteiger partial charge in [-0.15, -0.1) is 0 Å². The number of carboxylic acid groups (broad SMARTS) is 1. The first-order chi connectivity index (χ1) is 7.00. The van der Waals surface area contributed by atoms with Crippen LogP contribution in [-0.2, 0) is 14.3 Å². The van der Waals surface area contributed by atoms with Gasteiger partial charge in [0.05, 0.1) is 6.61 Å². The smallest absolute Gasteiger partial charge is 0.338 e. The zero-order valence-corrected chi connectivity index (χ0v) is 8.00. The number of hydrogen-bond acceptors (Lipinski definition) is 6. The van der Waals surface area contributed by atoms with E-state index in [1.165, 1.54) is 0 Å². The van der Waals surface area contributed by atoms with Crippen molar-refractivity contribution in [2.75, 3.05) is 13.2 Å². The van der Waals surface area contributed by atoms with E-state index < -0.39 is 24.1 Å². The molecule has 0 amide bonds. The Morgan fingerprint density at radius 3 is 2.20 bits per heavy atom. The highest BCUT2D eigenvalue weighted by Gasteiger charge is 2.31. The molecule has 2 atom stereocenters. The number of carboxylic acids is 1. The van der Waals surface area contributed by atoms with Crippen molar-refractivity contribution in [3.63, 3.8) is 0 Å². The molecule has 0 aliphatic rings. The third-order valence-corrected chi connectivity index (χ3v) is 1.59. The fraction of sp³-hybridized carbons (Fsp3) is 0.750. The minimum Gasteiger partial charge on any atom is -0.479 e. The van der Waals surface area contributed by atoms with Crippen molar-refractivity contribution in [3.05, 3.63) is 0 Å². The topological polar surface area (TPSA) is 124 Å². The molecule has 7 heteroatoms. The average molecular weight is 222 g/mol. The Kier molecular flexibility index (Phi) is 6.59. The van der Waals surface area contributed by atoms with Crippen LogP contribution >= 0.6 is 0 Å². The Balaban J connectivity index is 3.84. The minimum atomic E-state index is -2.18. The van der Waals surface area contributed by atoms with Gasteiger partial charge in [-0.1, -0.05) is 0 Å². The largest absolute Gasteiger partial charge is 0.479 e. The van der Waals surface area contributed by atoms with Crippen molar-refractivity contribution in [1.82, 2.24) is 0 Å². The van der Waals surface area contributed by atoms with Crippen molar-refractivity contribution >= 4 is 11.9 Å². The highest BCUT2D eigenvalue weighted by Crippen LogP contribution is 1.98. The maximum absolute atomic E-state index is 10.9. The normalized spacial score (nSPS) is 14.3. The number of aliphatic carboxylic acids is 1. The molecule has 15 heavy (non-hydrogen) atoms. The van der Waals surface area contributed by atoms with Crippen LogP contribution in [0.1, 0.15) is 12.8 Å². The van der Waals surface area contributed by atoms with Gasteiger partial charge in [0.2, 0.25) is 0 Å². The second-order valence-electron chi connectivity index (χ2n) is 2.83. The van der Waals surface area contributed by atoms with Crippen molar-refractivity contribution in [3.8, 4) is 0 Å². The number of esters is 1. The van der Waals surface area contributed by atoms with E-state index in [9.17, 15) is 9.59 Å². The van der Waals surface area contributed by atoms with E-state index in [1.54, 1.807) is 0 Å². The molecule has 0 aliphatic heterocycles. The number of aliphatic hydroxyl groups is 3. The molecule has 0 heterocycles. The van der Waals surface area contributed by atoms with Crippen LogP contribution in [0.15, 0.2) is 0 Å². The monoisotopic (exact) mass is 222 g/mol. The highest BCUT2D eigenvalue weighted by molar-refractivity contribution is 5.84. The second kappa shape index (κ2) is 7.16.